The number of nitrogens with one attached hydrogen (secondary N) is 1. The second-order valence-corrected chi connectivity index (χ2v) is 8.40. The summed E-state index contributed by atoms with van der Waals surface area (Å²) in [6.45, 7) is 2.38. The Hall–Kier alpha value is -2.25. The molecule has 1 aliphatic rings. The van der Waals surface area contributed by atoms with Crippen LogP contribution in [-0.2, 0) is 14.8 Å². The Morgan fingerprint density at radius 3 is 2.46 bits per heavy atom. The number of hydrogen-bond acceptors (Lipinski definition) is 3. The molecule has 1 aliphatic heterocycles. The summed E-state index contributed by atoms with van der Waals surface area (Å²) in [4.78, 5) is 12.6. The molecule has 0 bridgehead atoms. The third kappa shape index (κ3) is 3.94. The number of carbonyl (C=O) groups is 1. The Balaban J connectivity index is 1.64. The normalized spacial score (nSPS) is 16.4. The Kier molecular flexibility index (Phi) is 5.38. The zero-order valence-electron chi connectivity index (χ0n) is 14.5. The number of piperidine rings is 1. The topological polar surface area (TPSA) is 66.5 Å². The van der Waals surface area contributed by atoms with Crippen LogP contribution in [-0.4, -0.2) is 31.7 Å². The smallest absolute Gasteiger partial charge is 0.243 e. The summed E-state index contributed by atoms with van der Waals surface area (Å²) >= 11 is 0. The number of rotatable bonds is 4. The van der Waals surface area contributed by atoms with Gasteiger partial charge in [0.05, 0.1) is 10.6 Å². The van der Waals surface area contributed by atoms with Crippen molar-refractivity contribution in [3.8, 4) is 0 Å². The van der Waals surface area contributed by atoms with Crippen molar-refractivity contribution >= 4 is 21.6 Å². The molecule has 3 rings (SSSR count). The van der Waals surface area contributed by atoms with E-state index < -0.39 is 15.8 Å². The fourth-order valence-corrected chi connectivity index (χ4v) is 4.66. The Bertz CT molecular complexity index is 907. The van der Waals surface area contributed by atoms with E-state index in [-0.39, 0.29) is 35.5 Å². The molecule has 0 spiro atoms. The van der Waals surface area contributed by atoms with Gasteiger partial charge in [-0.3, -0.25) is 4.79 Å². The second kappa shape index (κ2) is 7.55. The van der Waals surface area contributed by atoms with Crippen molar-refractivity contribution in [3.63, 3.8) is 0 Å². The van der Waals surface area contributed by atoms with Gasteiger partial charge in [-0.25, -0.2) is 12.8 Å². The maximum atomic E-state index is 13.7. The molecular weight excluding hydrogens is 355 g/mol. The van der Waals surface area contributed by atoms with Crippen molar-refractivity contribution in [3.05, 3.63) is 59.9 Å². The van der Waals surface area contributed by atoms with Gasteiger partial charge in [-0.1, -0.05) is 24.3 Å². The van der Waals surface area contributed by atoms with Crippen LogP contribution in [0.4, 0.5) is 10.1 Å². The maximum absolute atomic E-state index is 13.7. The summed E-state index contributed by atoms with van der Waals surface area (Å²) in [5.74, 6) is -1.10. The van der Waals surface area contributed by atoms with Crippen LogP contribution in [0.25, 0.3) is 0 Å². The van der Waals surface area contributed by atoms with E-state index in [2.05, 4.69) is 5.32 Å². The van der Waals surface area contributed by atoms with Crippen molar-refractivity contribution in [2.45, 2.75) is 24.7 Å². The monoisotopic (exact) mass is 376 g/mol. The van der Waals surface area contributed by atoms with E-state index in [0.717, 1.165) is 5.56 Å². The van der Waals surface area contributed by atoms with Crippen molar-refractivity contribution in [1.82, 2.24) is 4.31 Å². The number of para-hydroxylation sites is 1. The third-order valence-electron chi connectivity index (χ3n) is 4.58. The lowest BCUT2D eigenvalue weighted by atomic mass is 9.97. The molecule has 2 aromatic carbocycles. The molecule has 1 fully saturated rings. The molecule has 0 aromatic heterocycles. The van der Waals surface area contributed by atoms with Crippen molar-refractivity contribution < 1.29 is 17.6 Å². The van der Waals surface area contributed by atoms with Crippen LogP contribution in [0.5, 0.6) is 0 Å². The molecule has 0 aliphatic carbocycles. The molecule has 138 valence electrons. The van der Waals surface area contributed by atoms with E-state index in [9.17, 15) is 17.6 Å². The van der Waals surface area contributed by atoms with Gasteiger partial charge in [0.2, 0.25) is 15.9 Å². The van der Waals surface area contributed by atoms with E-state index >= 15 is 0 Å². The lowest BCUT2D eigenvalue weighted by Crippen LogP contribution is -2.41. The molecule has 7 heteroatoms. The summed E-state index contributed by atoms with van der Waals surface area (Å²) in [6.07, 6.45) is 0.816. The number of nitrogens with zero attached hydrogens (tertiary/aromatic N) is 1. The number of anilines is 1. The molecule has 0 radical (unpaired) electrons. The van der Waals surface area contributed by atoms with E-state index in [1.54, 1.807) is 30.3 Å². The quantitative estimate of drug-likeness (QED) is 0.891. The molecule has 1 N–H and O–H groups in total. The molecule has 5 nitrogen and oxygen atoms in total. The second-order valence-electron chi connectivity index (χ2n) is 6.46. The Morgan fingerprint density at radius 1 is 1.12 bits per heavy atom. The molecule has 1 amide bonds. The van der Waals surface area contributed by atoms with Gasteiger partial charge in [-0.15, -0.1) is 0 Å². The average molecular weight is 376 g/mol. The minimum atomic E-state index is -3.56. The summed E-state index contributed by atoms with van der Waals surface area (Å²) in [7, 11) is -3.56. The largest absolute Gasteiger partial charge is 0.323 e. The SMILES string of the molecule is Cc1cccc(S(=O)(=O)N2CCC(C(=O)Nc3ccccc3F)CC2)c1. The first kappa shape index (κ1) is 18.5. The van der Waals surface area contributed by atoms with Crippen LogP contribution in [0.1, 0.15) is 18.4 Å². The van der Waals surface area contributed by atoms with Gasteiger partial charge in [-0.05, 0) is 49.6 Å². The predicted molar refractivity (Wildman–Crippen MR) is 97.7 cm³/mol. The van der Waals surface area contributed by atoms with Crippen LogP contribution in [0, 0.1) is 18.7 Å². The highest BCUT2D eigenvalue weighted by molar-refractivity contribution is 7.89. The van der Waals surface area contributed by atoms with Crippen LogP contribution in [0.3, 0.4) is 0 Å². The Labute approximate surface area is 152 Å². The minimum Gasteiger partial charge on any atom is -0.323 e. The predicted octanol–water partition coefficient (Wildman–Crippen LogP) is 3.17. The number of hydrogen-bond donors (Lipinski definition) is 1. The van der Waals surface area contributed by atoms with Crippen LogP contribution >= 0.6 is 0 Å². The summed E-state index contributed by atoms with van der Waals surface area (Å²) in [5.41, 5.74) is 1.03. The average Bonchev–Trinajstić information content (AvgIpc) is 2.63. The molecule has 1 heterocycles. The number of amides is 1. The lowest BCUT2D eigenvalue weighted by Gasteiger charge is -2.30. The van der Waals surface area contributed by atoms with Gasteiger partial charge in [-0.2, -0.15) is 4.31 Å². The number of halogens is 1. The number of sulfonamides is 1. The van der Waals surface area contributed by atoms with Crippen molar-refractivity contribution in [2.24, 2.45) is 5.92 Å². The Morgan fingerprint density at radius 2 is 1.81 bits per heavy atom. The van der Waals surface area contributed by atoms with E-state index in [1.807, 2.05) is 13.0 Å². The molecule has 0 atom stereocenters. The number of benzene rings is 2. The van der Waals surface area contributed by atoms with Gasteiger partial charge in [0, 0.05) is 19.0 Å². The standard InChI is InChI=1S/C19H21FN2O3S/c1-14-5-4-6-16(13-14)26(24,25)22-11-9-15(10-12-22)19(23)21-18-8-3-2-7-17(18)20/h2-8,13,15H,9-12H2,1H3,(H,21,23). The van der Waals surface area contributed by atoms with Gasteiger partial charge in [0.25, 0.3) is 0 Å². The fraction of sp³-hybridized carbons (Fsp3) is 0.316. The van der Waals surface area contributed by atoms with E-state index in [4.69, 9.17) is 0 Å². The lowest BCUT2D eigenvalue weighted by molar-refractivity contribution is -0.120. The van der Waals surface area contributed by atoms with Crippen LogP contribution < -0.4 is 5.32 Å². The molecule has 1 saturated heterocycles. The maximum Gasteiger partial charge on any atom is 0.243 e. The summed E-state index contributed by atoms with van der Waals surface area (Å²) < 4.78 is 40.5. The van der Waals surface area contributed by atoms with Gasteiger partial charge in [0.1, 0.15) is 5.82 Å². The van der Waals surface area contributed by atoms with Crippen LogP contribution in [0.15, 0.2) is 53.4 Å². The van der Waals surface area contributed by atoms with Gasteiger partial charge < -0.3 is 5.32 Å². The first-order valence-corrected chi connectivity index (χ1v) is 9.94. The van der Waals surface area contributed by atoms with Gasteiger partial charge >= 0.3 is 0 Å². The van der Waals surface area contributed by atoms with Crippen molar-refractivity contribution in [1.29, 1.82) is 0 Å². The minimum absolute atomic E-state index is 0.146. The molecule has 0 unspecified atom stereocenters. The summed E-state index contributed by atoms with van der Waals surface area (Å²) in [5, 5.41) is 2.59. The molecule has 2 aromatic rings. The first-order valence-electron chi connectivity index (χ1n) is 8.50. The number of aryl methyl sites for hydroxylation is 1. The van der Waals surface area contributed by atoms with E-state index in [1.165, 1.54) is 16.4 Å². The van der Waals surface area contributed by atoms with Crippen LogP contribution in [0.2, 0.25) is 0 Å². The number of carbonyl (C=O) groups excluding carboxylic acids is 1. The third-order valence-corrected chi connectivity index (χ3v) is 6.48. The summed E-state index contributed by atoms with van der Waals surface area (Å²) in [6, 6.07) is 12.8. The highest BCUT2D eigenvalue weighted by Crippen LogP contribution is 2.25. The molecular formula is C19H21FN2O3S. The highest BCUT2D eigenvalue weighted by atomic mass is 32.2. The van der Waals surface area contributed by atoms with E-state index in [0.29, 0.717) is 12.8 Å². The first-order chi connectivity index (χ1) is 12.4. The van der Waals surface area contributed by atoms with Crippen molar-refractivity contribution in [2.75, 3.05) is 18.4 Å². The molecule has 0 saturated carbocycles. The zero-order chi connectivity index (χ0) is 18.7. The fourth-order valence-electron chi connectivity index (χ4n) is 3.08. The zero-order valence-corrected chi connectivity index (χ0v) is 15.3. The molecule has 26 heavy (non-hydrogen) atoms. The highest BCUT2D eigenvalue weighted by Gasteiger charge is 2.32. The van der Waals surface area contributed by atoms with Gasteiger partial charge in [0.15, 0.2) is 0 Å².